The van der Waals surface area contributed by atoms with E-state index in [0.717, 1.165) is 5.56 Å². The summed E-state index contributed by atoms with van der Waals surface area (Å²) >= 11 is 0. The molecule has 5 rings (SSSR count). The van der Waals surface area contributed by atoms with Crippen molar-refractivity contribution < 1.29 is 14.3 Å². The minimum atomic E-state index is -0.319. The summed E-state index contributed by atoms with van der Waals surface area (Å²) in [4.78, 5) is 41.2. The molecule has 166 valence electrons. The molecule has 0 atom stereocenters. The van der Waals surface area contributed by atoms with Crippen molar-refractivity contribution in [3.05, 3.63) is 84.3 Å². The second-order valence-electron chi connectivity index (χ2n) is 7.76. The summed E-state index contributed by atoms with van der Waals surface area (Å²) < 4.78 is 5.22. The van der Waals surface area contributed by atoms with Crippen molar-refractivity contribution in [3.8, 4) is 5.75 Å². The average molecular weight is 441 g/mol. The van der Waals surface area contributed by atoms with Crippen LogP contribution in [0.4, 0.5) is 11.6 Å². The molecule has 0 aliphatic carbocycles. The fourth-order valence-corrected chi connectivity index (χ4v) is 4.23. The van der Waals surface area contributed by atoms with Gasteiger partial charge in [0.05, 0.1) is 18.4 Å². The fourth-order valence-electron chi connectivity index (χ4n) is 4.23. The highest BCUT2D eigenvalue weighted by atomic mass is 16.5. The number of rotatable bonds is 5. The van der Waals surface area contributed by atoms with Crippen LogP contribution in [0.3, 0.4) is 0 Å². The fraction of sp³-hybridized carbons (Fsp3) is 0.200. The molecular formula is C25H23N5O3. The van der Waals surface area contributed by atoms with Gasteiger partial charge in [0.2, 0.25) is 5.95 Å². The zero-order valence-electron chi connectivity index (χ0n) is 18.2. The number of carbonyl (C=O) groups excluding carboxylic acids is 2. The van der Waals surface area contributed by atoms with E-state index in [4.69, 9.17) is 4.74 Å². The largest absolute Gasteiger partial charge is 0.497 e. The van der Waals surface area contributed by atoms with Gasteiger partial charge in [0, 0.05) is 38.6 Å². The number of piperazine rings is 1. The number of nitrogens with zero attached hydrogens (tertiary/aromatic N) is 5. The zero-order valence-corrected chi connectivity index (χ0v) is 18.2. The Morgan fingerprint density at radius 1 is 0.758 bits per heavy atom. The first-order valence-electron chi connectivity index (χ1n) is 10.8. The number of hydrogen-bond donors (Lipinski definition) is 0. The highest BCUT2D eigenvalue weighted by Crippen LogP contribution is 2.35. The standard InChI is InChI=1S/C25H23N5O3/c1-33-20-10-8-19(9-11-20)30-23(31)21(18-6-3-2-4-7-18)22(24(30)32)28-14-16-29(17-15-28)25-26-12-5-13-27-25/h2-13H,14-17H2,1H3. The number of benzene rings is 2. The Bertz CT molecular complexity index is 1190. The van der Waals surface area contributed by atoms with E-state index < -0.39 is 0 Å². The van der Waals surface area contributed by atoms with E-state index >= 15 is 0 Å². The zero-order chi connectivity index (χ0) is 22.8. The van der Waals surface area contributed by atoms with Gasteiger partial charge in [0.1, 0.15) is 11.4 Å². The Morgan fingerprint density at radius 3 is 2.03 bits per heavy atom. The molecule has 2 aliphatic rings. The molecule has 8 heteroatoms. The molecule has 2 aliphatic heterocycles. The maximum Gasteiger partial charge on any atom is 0.282 e. The Balaban J connectivity index is 1.48. The minimum Gasteiger partial charge on any atom is -0.497 e. The van der Waals surface area contributed by atoms with Gasteiger partial charge in [-0.2, -0.15) is 0 Å². The third-order valence-electron chi connectivity index (χ3n) is 5.88. The Morgan fingerprint density at radius 2 is 1.39 bits per heavy atom. The van der Waals surface area contributed by atoms with E-state index in [1.165, 1.54) is 4.90 Å². The molecule has 0 spiro atoms. The van der Waals surface area contributed by atoms with Crippen LogP contribution in [0.15, 0.2) is 78.8 Å². The predicted molar refractivity (Wildman–Crippen MR) is 125 cm³/mol. The molecule has 1 fully saturated rings. The van der Waals surface area contributed by atoms with Crippen LogP contribution in [0.25, 0.3) is 5.57 Å². The number of anilines is 2. The smallest absolute Gasteiger partial charge is 0.282 e. The van der Waals surface area contributed by atoms with Gasteiger partial charge in [0.15, 0.2) is 0 Å². The number of amides is 2. The molecule has 8 nitrogen and oxygen atoms in total. The third kappa shape index (κ3) is 3.80. The summed E-state index contributed by atoms with van der Waals surface area (Å²) in [5, 5.41) is 0. The summed E-state index contributed by atoms with van der Waals surface area (Å²) in [5.74, 6) is 0.699. The second kappa shape index (κ2) is 8.74. The molecule has 2 amide bonds. The molecule has 0 saturated carbocycles. The first-order chi connectivity index (χ1) is 16.2. The normalized spacial score (nSPS) is 16.6. The molecule has 3 aromatic rings. The van der Waals surface area contributed by atoms with Crippen molar-refractivity contribution >= 4 is 29.0 Å². The van der Waals surface area contributed by atoms with Gasteiger partial charge >= 0.3 is 0 Å². The van der Waals surface area contributed by atoms with Crippen molar-refractivity contribution in [2.24, 2.45) is 0 Å². The number of methoxy groups -OCH3 is 1. The van der Waals surface area contributed by atoms with E-state index in [1.54, 1.807) is 49.8 Å². The predicted octanol–water partition coefficient (Wildman–Crippen LogP) is 2.59. The summed E-state index contributed by atoms with van der Waals surface area (Å²) in [5.41, 5.74) is 2.12. The van der Waals surface area contributed by atoms with Gasteiger partial charge < -0.3 is 14.5 Å². The maximum absolute atomic E-state index is 13.6. The average Bonchev–Trinajstić information content (AvgIpc) is 3.15. The van der Waals surface area contributed by atoms with Crippen LogP contribution >= 0.6 is 0 Å². The quantitative estimate of drug-likeness (QED) is 0.563. The van der Waals surface area contributed by atoms with Crippen LogP contribution in [0, 0.1) is 0 Å². The Labute approximate surface area is 191 Å². The molecule has 2 aromatic carbocycles. The van der Waals surface area contributed by atoms with Crippen LogP contribution in [-0.4, -0.2) is 60.0 Å². The SMILES string of the molecule is COc1ccc(N2C(=O)C(c3ccccc3)=C(N3CCN(c4ncccn4)CC3)C2=O)cc1. The van der Waals surface area contributed by atoms with Gasteiger partial charge in [-0.15, -0.1) is 0 Å². The number of ether oxygens (including phenoxy) is 1. The Kier molecular flexibility index (Phi) is 5.48. The molecule has 0 radical (unpaired) electrons. The minimum absolute atomic E-state index is 0.312. The van der Waals surface area contributed by atoms with E-state index in [2.05, 4.69) is 14.9 Å². The molecule has 0 bridgehead atoms. The van der Waals surface area contributed by atoms with Gasteiger partial charge in [0.25, 0.3) is 11.8 Å². The number of aromatic nitrogens is 2. The first kappa shape index (κ1) is 20.7. The third-order valence-corrected chi connectivity index (χ3v) is 5.88. The van der Waals surface area contributed by atoms with Crippen LogP contribution in [0.5, 0.6) is 5.75 Å². The topological polar surface area (TPSA) is 78.9 Å². The van der Waals surface area contributed by atoms with Crippen LogP contribution in [0.2, 0.25) is 0 Å². The van der Waals surface area contributed by atoms with Gasteiger partial charge in [-0.05, 0) is 35.9 Å². The number of imide groups is 1. The van der Waals surface area contributed by atoms with Crippen molar-refractivity contribution in [3.63, 3.8) is 0 Å². The van der Waals surface area contributed by atoms with Crippen molar-refractivity contribution in [1.29, 1.82) is 0 Å². The first-order valence-corrected chi connectivity index (χ1v) is 10.8. The van der Waals surface area contributed by atoms with Crippen LogP contribution in [0.1, 0.15) is 5.56 Å². The molecule has 1 aromatic heterocycles. The summed E-state index contributed by atoms with van der Waals surface area (Å²) in [7, 11) is 1.58. The van der Waals surface area contributed by atoms with E-state index in [1.807, 2.05) is 35.2 Å². The lowest BCUT2D eigenvalue weighted by molar-refractivity contribution is -0.120. The Hall–Kier alpha value is -4.20. The second-order valence-corrected chi connectivity index (χ2v) is 7.76. The summed E-state index contributed by atoms with van der Waals surface area (Å²) in [6, 6.07) is 18.1. The molecule has 0 N–H and O–H groups in total. The number of carbonyl (C=O) groups is 2. The van der Waals surface area contributed by atoms with E-state index in [9.17, 15) is 9.59 Å². The molecule has 33 heavy (non-hydrogen) atoms. The summed E-state index contributed by atoms with van der Waals surface area (Å²) in [6.07, 6.45) is 3.44. The van der Waals surface area contributed by atoms with Crippen LogP contribution < -0.4 is 14.5 Å². The monoisotopic (exact) mass is 441 g/mol. The molecule has 3 heterocycles. The molecular weight excluding hydrogens is 418 g/mol. The highest BCUT2D eigenvalue weighted by molar-refractivity contribution is 6.45. The number of hydrogen-bond acceptors (Lipinski definition) is 7. The lowest BCUT2D eigenvalue weighted by atomic mass is 10.0. The van der Waals surface area contributed by atoms with Crippen molar-refractivity contribution in [1.82, 2.24) is 14.9 Å². The van der Waals surface area contributed by atoms with Crippen molar-refractivity contribution in [2.75, 3.05) is 43.1 Å². The van der Waals surface area contributed by atoms with E-state index in [0.29, 0.717) is 54.8 Å². The van der Waals surface area contributed by atoms with Gasteiger partial charge in [-0.1, -0.05) is 30.3 Å². The molecule has 0 unspecified atom stereocenters. The highest BCUT2D eigenvalue weighted by Gasteiger charge is 2.43. The lowest BCUT2D eigenvalue weighted by Crippen LogP contribution is -2.48. The van der Waals surface area contributed by atoms with Gasteiger partial charge in [-0.3, -0.25) is 9.59 Å². The molecule has 1 saturated heterocycles. The van der Waals surface area contributed by atoms with Crippen LogP contribution in [-0.2, 0) is 9.59 Å². The summed E-state index contributed by atoms with van der Waals surface area (Å²) in [6.45, 7) is 2.47. The lowest BCUT2D eigenvalue weighted by Gasteiger charge is -2.36. The van der Waals surface area contributed by atoms with Crippen molar-refractivity contribution in [2.45, 2.75) is 0 Å². The maximum atomic E-state index is 13.6. The van der Waals surface area contributed by atoms with Gasteiger partial charge in [-0.25, -0.2) is 14.9 Å². The van der Waals surface area contributed by atoms with E-state index in [-0.39, 0.29) is 11.8 Å².